The van der Waals surface area contributed by atoms with E-state index < -0.39 is 18.0 Å². The van der Waals surface area contributed by atoms with Gasteiger partial charge in [-0.25, -0.2) is 4.39 Å². The molecule has 2 aromatic heterocycles. The number of nitrogens with zero attached hydrogens (tertiary/aromatic N) is 3. The SMILES string of the molecule is Cc1cc(-c2ccc(Cl)cc2)nn1C1C(=O)C(Cc2ccc(F)cn2)CC1O. The van der Waals surface area contributed by atoms with Gasteiger partial charge in [-0.3, -0.25) is 14.5 Å². The van der Waals surface area contributed by atoms with E-state index in [4.69, 9.17) is 11.6 Å². The molecule has 1 saturated carbocycles. The van der Waals surface area contributed by atoms with Crippen molar-refractivity contribution in [1.82, 2.24) is 14.8 Å². The molecule has 3 aromatic rings. The number of aryl methyl sites for hydroxylation is 1. The normalized spacial score (nSPS) is 22.0. The van der Waals surface area contributed by atoms with Crippen LogP contribution < -0.4 is 0 Å². The Kier molecular flexibility index (Phi) is 5.00. The number of benzene rings is 1. The van der Waals surface area contributed by atoms with Gasteiger partial charge in [-0.05, 0) is 50.1 Å². The molecule has 1 fully saturated rings. The Morgan fingerprint density at radius 3 is 2.68 bits per heavy atom. The topological polar surface area (TPSA) is 68.0 Å². The van der Waals surface area contributed by atoms with Gasteiger partial charge in [0, 0.05) is 27.9 Å². The molecule has 0 radical (unpaired) electrons. The van der Waals surface area contributed by atoms with E-state index >= 15 is 0 Å². The first-order valence-electron chi connectivity index (χ1n) is 9.06. The molecule has 0 saturated heterocycles. The predicted octanol–water partition coefficient (Wildman–Crippen LogP) is 3.78. The highest BCUT2D eigenvalue weighted by Gasteiger charge is 2.43. The smallest absolute Gasteiger partial charge is 0.163 e. The third-order valence-electron chi connectivity index (χ3n) is 5.15. The second-order valence-electron chi connectivity index (χ2n) is 7.14. The third-order valence-corrected chi connectivity index (χ3v) is 5.41. The Morgan fingerprint density at radius 1 is 1.25 bits per heavy atom. The van der Waals surface area contributed by atoms with Crippen LogP contribution in [0.3, 0.4) is 0 Å². The van der Waals surface area contributed by atoms with Crippen LogP contribution in [0.2, 0.25) is 5.02 Å². The summed E-state index contributed by atoms with van der Waals surface area (Å²) in [5, 5.41) is 15.8. The van der Waals surface area contributed by atoms with Crippen molar-refractivity contribution in [2.24, 2.45) is 5.92 Å². The lowest BCUT2D eigenvalue weighted by molar-refractivity contribution is -0.124. The van der Waals surface area contributed by atoms with Crippen molar-refractivity contribution < 1.29 is 14.3 Å². The maximum Gasteiger partial charge on any atom is 0.163 e. The lowest BCUT2D eigenvalue weighted by Crippen LogP contribution is -2.26. The molecular formula is C21H19ClFN3O2. The van der Waals surface area contributed by atoms with Crippen molar-refractivity contribution in [3.05, 3.63) is 70.9 Å². The van der Waals surface area contributed by atoms with Crippen LogP contribution in [0.15, 0.2) is 48.7 Å². The first kappa shape index (κ1) is 18.8. The molecule has 5 nitrogen and oxygen atoms in total. The van der Waals surface area contributed by atoms with Gasteiger partial charge in [0.05, 0.1) is 18.0 Å². The maximum atomic E-state index is 13.0. The number of carbonyl (C=O) groups is 1. The zero-order valence-corrected chi connectivity index (χ0v) is 16.0. The zero-order valence-electron chi connectivity index (χ0n) is 15.2. The molecule has 0 bridgehead atoms. The van der Waals surface area contributed by atoms with Crippen LogP contribution in [0.25, 0.3) is 11.3 Å². The third kappa shape index (κ3) is 3.57. The predicted molar refractivity (Wildman–Crippen MR) is 103 cm³/mol. The molecule has 2 heterocycles. The fourth-order valence-electron chi connectivity index (χ4n) is 3.75. The largest absolute Gasteiger partial charge is 0.390 e. The molecule has 1 aliphatic rings. The van der Waals surface area contributed by atoms with E-state index in [0.717, 1.165) is 23.1 Å². The summed E-state index contributed by atoms with van der Waals surface area (Å²) >= 11 is 5.94. The quantitative estimate of drug-likeness (QED) is 0.725. The fourth-order valence-corrected chi connectivity index (χ4v) is 3.87. The summed E-state index contributed by atoms with van der Waals surface area (Å²) in [4.78, 5) is 17.0. The summed E-state index contributed by atoms with van der Waals surface area (Å²) in [7, 11) is 0. The summed E-state index contributed by atoms with van der Waals surface area (Å²) in [5.74, 6) is -0.866. The summed E-state index contributed by atoms with van der Waals surface area (Å²) in [6.07, 6.45) is 1.02. The number of ketones is 1. The van der Waals surface area contributed by atoms with Gasteiger partial charge in [-0.2, -0.15) is 5.10 Å². The maximum absolute atomic E-state index is 13.0. The number of halogens is 2. The van der Waals surface area contributed by atoms with Crippen LogP contribution in [0.4, 0.5) is 4.39 Å². The molecule has 7 heteroatoms. The number of aromatic nitrogens is 3. The number of aliphatic hydroxyl groups excluding tert-OH is 1. The minimum absolute atomic E-state index is 0.0764. The summed E-state index contributed by atoms with van der Waals surface area (Å²) in [6.45, 7) is 1.86. The minimum atomic E-state index is -0.824. The number of rotatable bonds is 4. The van der Waals surface area contributed by atoms with E-state index in [9.17, 15) is 14.3 Å². The van der Waals surface area contributed by atoms with E-state index in [2.05, 4.69) is 10.1 Å². The molecule has 0 spiro atoms. The van der Waals surface area contributed by atoms with Crippen LogP contribution >= 0.6 is 11.6 Å². The average Bonchev–Trinajstić information content (AvgIpc) is 3.17. The highest BCUT2D eigenvalue weighted by atomic mass is 35.5. The number of pyridine rings is 1. The second kappa shape index (κ2) is 7.45. The van der Waals surface area contributed by atoms with Gasteiger partial charge in [-0.1, -0.05) is 23.7 Å². The number of hydrogen-bond acceptors (Lipinski definition) is 4. The Balaban J connectivity index is 1.58. The number of Topliss-reactive ketones (excluding diaryl/α,β-unsaturated/α-hetero) is 1. The van der Waals surface area contributed by atoms with Crippen LogP contribution in [0.1, 0.15) is 23.9 Å². The van der Waals surface area contributed by atoms with Gasteiger partial charge in [0.2, 0.25) is 0 Å². The molecular weight excluding hydrogens is 381 g/mol. The van der Waals surface area contributed by atoms with E-state index in [-0.39, 0.29) is 11.7 Å². The minimum Gasteiger partial charge on any atom is -0.390 e. The Bertz CT molecular complexity index is 1000. The molecule has 1 aliphatic carbocycles. The molecule has 4 rings (SSSR count). The molecule has 144 valence electrons. The standard InChI is InChI=1S/C21H19ClFN3O2/c1-12-8-18(13-2-4-15(22)5-3-13)25-26(12)20-19(27)10-14(21(20)28)9-17-7-6-16(23)11-24-17/h2-8,11,14,19-20,27H,9-10H2,1H3. The summed E-state index contributed by atoms with van der Waals surface area (Å²) in [5.41, 5.74) is 3.03. The molecule has 3 atom stereocenters. The average molecular weight is 400 g/mol. The van der Waals surface area contributed by atoms with Gasteiger partial charge >= 0.3 is 0 Å². The van der Waals surface area contributed by atoms with Crippen molar-refractivity contribution in [3.8, 4) is 11.3 Å². The van der Waals surface area contributed by atoms with Gasteiger partial charge < -0.3 is 5.11 Å². The van der Waals surface area contributed by atoms with Crippen molar-refractivity contribution >= 4 is 17.4 Å². The monoisotopic (exact) mass is 399 g/mol. The van der Waals surface area contributed by atoms with Crippen molar-refractivity contribution in [3.63, 3.8) is 0 Å². The molecule has 3 unspecified atom stereocenters. The number of carbonyl (C=O) groups excluding carboxylic acids is 1. The van der Waals surface area contributed by atoms with Crippen LogP contribution in [-0.4, -0.2) is 31.8 Å². The first-order chi connectivity index (χ1) is 13.4. The highest BCUT2D eigenvalue weighted by Crippen LogP contribution is 2.35. The van der Waals surface area contributed by atoms with Crippen LogP contribution in [0.5, 0.6) is 0 Å². The summed E-state index contributed by atoms with van der Waals surface area (Å²) < 4.78 is 14.6. The van der Waals surface area contributed by atoms with E-state index in [0.29, 0.717) is 23.6 Å². The summed E-state index contributed by atoms with van der Waals surface area (Å²) in [6, 6.07) is 11.4. The van der Waals surface area contributed by atoms with Crippen LogP contribution in [-0.2, 0) is 11.2 Å². The van der Waals surface area contributed by atoms with E-state index in [1.165, 1.54) is 6.07 Å². The highest BCUT2D eigenvalue weighted by molar-refractivity contribution is 6.30. The van der Waals surface area contributed by atoms with Gasteiger partial charge in [0.15, 0.2) is 5.78 Å². The lowest BCUT2D eigenvalue weighted by atomic mass is 10.00. The zero-order chi connectivity index (χ0) is 19.8. The van der Waals surface area contributed by atoms with Gasteiger partial charge in [-0.15, -0.1) is 0 Å². The number of aliphatic hydroxyl groups is 1. The van der Waals surface area contributed by atoms with E-state index in [1.807, 2.05) is 25.1 Å². The Hall–Kier alpha value is -2.57. The Morgan fingerprint density at radius 2 is 2.00 bits per heavy atom. The number of hydrogen-bond donors (Lipinski definition) is 1. The first-order valence-corrected chi connectivity index (χ1v) is 9.44. The molecule has 0 aliphatic heterocycles. The molecule has 1 N–H and O–H groups in total. The van der Waals surface area contributed by atoms with Crippen molar-refractivity contribution in [1.29, 1.82) is 0 Å². The molecule has 0 amide bonds. The van der Waals surface area contributed by atoms with E-state index in [1.54, 1.807) is 22.9 Å². The lowest BCUT2D eigenvalue weighted by Gasteiger charge is -2.15. The second-order valence-corrected chi connectivity index (χ2v) is 7.58. The van der Waals surface area contributed by atoms with Gasteiger partial charge in [0.25, 0.3) is 0 Å². The molecule has 28 heavy (non-hydrogen) atoms. The van der Waals surface area contributed by atoms with Crippen LogP contribution in [0, 0.1) is 18.7 Å². The van der Waals surface area contributed by atoms with Gasteiger partial charge in [0.1, 0.15) is 11.9 Å². The molecule has 1 aromatic carbocycles. The Labute approximate surface area is 166 Å². The fraction of sp³-hybridized carbons (Fsp3) is 0.286. The van der Waals surface area contributed by atoms with Crippen molar-refractivity contribution in [2.45, 2.75) is 31.9 Å². The van der Waals surface area contributed by atoms with Crippen molar-refractivity contribution in [2.75, 3.05) is 0 Å².